The van der Waals surface area contributed by atoms with Crippen molar-refractivity contribution in [2.45, 2.75) is 0 Å². The summed E-state index contributed by atoms with van der Waals surface area (Å²) in [5.41, 5.74) is 6.75. The zero-order valence-electron chi connectivity index (χ0n) is 23.2. The van der Waals surface area contributed by atoms with Crippen LogP contribution in [0.2, 0.25) is 0 Å². The van der Waals surface area contributed by atoms with E-state index in [9.17, 15) is 0 Å². The van der Waals surface area contributed by atoms with Gasteiger partial charge in [-0.1, -0.05) is 115 Å². The van der Waals surface area contributed by atoms with Crippen LogP contribution in [-0.2, 0) is 0 Å². The summed E-state index contributed by atoms with van der Waals surface area (Å²) >= 11 is 0. The fourth-order valence-electron chi connectivity index (χ4n) is 6.40. The molecule has 9 rings (SSSR count). The standard InChI is InChI=1S/C40H24N2O/c1-3-11-25(12-4-1)36-24-37(42-40(41-36)26-13-5-2-6-14-26)27-19-20-30-32(21-27)28-15-7-8-16-29(28)34-23-39-35(22-33(30)34)31-17-9-10-18-38(31)43-39/h1-24H. The van der Waals surface area contributed by atoms with Gasteiger partial charge in [0.15, 0.2) is 5.82 Å². The topological polar surface area (TPSA) is 38.9 Å². The maximum Gasteiger partial charge on any atom is 0.160 e. The van der Waals surface area contributed by atoms with Crippen LogP contribution >= 0.6 is 0 Å². The second-order valence-corrected chi connectivity index (χ2v) is 11.0. The first kappa shape index (κ1) is 23.9. The number of para-hydroxylation sites is 1. The monoisotopic (exact) mass is 548 g/mol. The van der Waals surface area contributed by atoms with E-state index >= 15 is 0 Å². The summed E-state index contributed by atoms with van der Waals surface area (Å²) in [7, 11) is 0. The van der Waals surface area contributed by atoms with Gasteiger partial charge in [-0.2, -0.15) is 0 Å². The molecule has 2 heterocycles. The molecule has 0 radical (unpaired) electrons. The molecule has 0 fully saturated rings. The van der Waals surface area contributed by atoms with Gasteiger partial charge >= 0.3 is 0 Å². The van der Waals surface area contributed by atoms with E-state index in [0.717, 1.165) is 55.8 Å². The Morgan fingerprint density at radius 2 is 0.884 bits per heavy atom. The fourth-order valence-corrected chi connectivity index (χ4v) is 6.40. The summed E-state index contributed by atoms with van der Waals surface area (Å²) in [5.74, 6) is 0.717. The highest BCUT2D eigenvalue weighted by Crippen LogP contribution is 2.41. The molecule has 2 aromatic heterocycles. The van der Waals surface area contributed by atoms with Crippen molar-refractivity contribution in [3.05, 3.63) is 146 Å². The Morgan fingerprint density at radius 1 is 0.326 bits per heavy atom. The predicted molar refractivity (Wildman–Crippen MR) is 178 cm³/mol. The molecule has 0 spiro atoms. The van der Waals surface area contributed by atoms with Gasteiger partial charge in [-0.05, 0) is 62.6 Å². The average Bonchev–Trinajstić information content (AvgIpc) is 3.45. The minimum atomic E-state index is 0.717. The quantitative estimate of drug-likeness (QED) is 0.206. The number of hydrogen-bond acceptors (Lipinski definition) is 3. The third-order valence-electron chi connectivity index (χ3n) is 8.46. The van der Waals surface area contributed by atoms with E-state index in [0.29, 0.717) is 0 Å². The maximum absolute atomic E-state index is 6.28. The van der Waals surface area contributed by atoms with Crippen LogP contribution in [0.1, 0.15) is 0 Å². The molecule has 0 amide bonds. The van der Waals surface area contributed by atoms with Crippen LogP contribution in [0.4, 0.5) is 0 Å². The van der Waals surface area contributed by atoms with E-state index in [1.165, 1.54) is 32.3 Å². The number of hydrogen-bond donors (Lipinski definition) is 0. The molecule has 0 saturated heterocycles. The van der Waals surface area contributed by atoms with Crippen LogP contribution in [0, 0.1) is 0 Å². The van der Waals surface area contributed by atoms with Crippen molar-refractivity contribution in [2.24, 2.45) is 0 Å². The van der Waals surface area contributed by atoms with Gasteiger partial charge in [0.2, 0.25) is 0 Å². The van der Waals surface area contributed by atoms with E-state index in [4.69, 9.17) is 14.4 Å². The van der Waals surface area contributed by atoms with Crippen LogP contribution in [0.15, 0.2) is 150 Å². The van der Waals surface area contributed by atoms with Crippen molar-refractivity contribution >= 4 is 54.3 Å². The van der Waals surface area contributed by atoms with Crippen molar-refractivity contribution in [1.29, 1.82) is 0 Å². The Bertz CT molecular complexity index is 2440. The summed E-state index contributed by atoms with van der Waals surface area (Å²) in [6.07, 6.45) is 0. The minimum Gasteiger partial charge on any atom is -0.456 e. The third kappa shape index (κ3) is 3.83. The Kier molecular flexibility index (Phi) is 5.20. The summed E-state index contributed by atoms with van der Waals surface area (Å²) in [5, 5.41) is 9.53. The summed E-state index contributed by atoms with van der Waals surface area (Å²) in [6, 6.07) is 50.8. The van der Waals surface area contributed by atoms with E-state index < -0.39 is 0 Å². The normalized spacial score (nSPS) is 11.7. The summed E-state index contributed by atoms with van der Waals surface area (Å²) < 4.78 is 6.28. The molecule has 0 aliphatic carbocycles. The SMILES string of the molecule is c1ccc(-c2cc(-c3ccc4c(c3)c3ccccc3c3cc5oc6ccccc6c5cc43)nc(-c3ccccc3)n2)cc1. The van der Waals surface area contributed by atoms with Crippen molar-refractivity contribution in [3.63, 3.8) is 0 Å². The Morgan fingerprint density at radius 3 is 1.63 bits per heavy atom. The number of fused-ring (bicyclic) bond motifs is 9. The Balaban J connectivity index is 1.33. The molecule has 0 saturated carbocycles. The van der Waals surface area contributed by atoms with Crippen molar-refractivity contribution in [3.8, 4) is 33.9 Å². The van der Waals surface area contributed by atoms with Gasteiger partial charge in [0.25, 0.3) is 0 Å². The lowest BCUT2D eigenvalue weighted by Gasteiger charge is -2.13. The number of rotatable bonds is 3. The smallest absolute Gasteiger partial charge is 0.160 e. The van der Waals surface area contributed by atoms with Gasteiger partial charge in [-0.25, -0.2) is 9.97 Å². The summed E-state index contributed by atoms with van der Waals surface area (Å²) in [4.78, 5) is 10.1. The van der Waals surface area contributed by atoms with Crippen LogP contribution in [0.3, 0.4) is 0 Å². The molecular weight excluding hydrogens is 524 g/mol. The first-order chi connectivity index (χ1) is 21.3. The molecule has 0 aliphatic rings. The molecule has 3 nitrogen and oxygen atoms in total. The highest BCUT2D eigenvalue weighted by atomic mass is 16.3. The van der Waals surface area contributed by atoms with Crippen molar-refractivity contribution < 1.29 is 4.42 Å². The number of nitrogens with zero attached hydrogens (tertiary/aromatic N) is 2. The van der Waals surface area contributed by atoms with E-state index in [1.54, 1.807) is 0 Å². The lowest BCUT2D eigenvalue weighted by atomic mass is 9.91. The number of furan rings is 1. The molecule has 3 heteroatoms. The average molecular weight is 549 g/mol. The fraction of sp³-hybridized carbons (Fsp3) is 0. The minimum absolute atomic E-state index is 0.717. The first-order valence-corrected chi connectivity index (χ1v) is 14.5. The van der Waals surface area contributed by atoms with Crippen LogP contribution < -0.4 is 0 Å². The van der Waals surface area contributed by atoms with Gasteiger partial charge in [-0.3, -0.25) is 0 Å². The highest BCUT2D eigenvalue weighted by molar-refractivity contribution is 6.28. The number of benzene rings is 7. The highest BCUT2D eigenvalue weighted by Gasteiger charge is 2.16. The van der Waals surface area contributed by atoms with Gasteiger partial charge in [0, 0.05) is 27.5 Å². The van der Waals surface area contributed by atoms with Crippen LogP contribution in [0.5, 0.6) is 0 Å². The Labute approximate surface area is 247 Å². The van der Waals surface area contributed by atoms with Gasteiger partial charge in [0.1, 0.15) is 11.2 Å². The molecule has 43 heavy (non-hydrogen) atoms. The van der Waals surface area contributed by atoms with Crippen LogP contribution in [-0.4, -0.2) is 9.97 Å². The molecule has 9 aromatic rings. The largest absolute Gasteiger partial charge is 0.456 e. The maximum atomic E-state index is 6.28. The van der Waals surface area contributed by atoms with Gasteiger partial charge in [0.05, 0.1) is 11.4 Å². The second-order valence-electron chi connectivity index (χ2n) is 11.0. The van der Waals surface area contributed by atoms with Crippen molar-refractivity contribution in [1.82, 2.24) is 9.97 Å². The molecule has 0 N–H and O–H groups in total. The second kappa shape index (κ2) is 9.37. The van der Waals surface area contributed by atoms with E-state index in [-0.39, 0.29) is 0 Å². The van der Waals surface area contributed by atoms with Gasteiger partial charge < -0.3 is 4.42 Å². The van der Waals surface area contributed by atoms with E-state index in [2.05, 4.69) is 97.1 Å². The molecule has 0 aliphatic heterocycles. The molecular formula is C40H24N2O. The number of aromatic nitrogens is 2. The molecule has 0 unspecified atom stereocenters. The predicted octanol–water partition coefficient (Wildman–Crippen LogP) is 10.8. The first-order valence-electron chi connectivity index (χ1n) is 14.5. The Hall–Kier alpha value is -5.80. The van der Waals surface area contributed by atoms with Gasteiger partial charge in [-0.15, -0.1) is 0 Å². The lowest BCUT2D eigenvalue weighted by Crippen LogP contribution is -1.96. The molecule has 0 bridgehead atoms. The molecule has 7 aromatic carbocycles. The van der Waals surface area contributed by atoms with Crippen molar-refractivity contribution in [2.75, 3.05) is 0 Å². The zero-order valence-corrected chi connectivity index (χ0v) is 23.2. The molecule has 200 valence electrons. The van der Waals surface area contributed by atoms with Crippen LogP contribution in [0.25, 0.3) is 88.2 Å². The molecule has 0 atom stereocenters. The zero-order chi connectivity index (χ0) is 28.3. The lowest BCUT2D eigenvalue weighted by molar-refractivity contribution is 0.669. The third-order valence-corrected chi connectivity index (χ3v) is 8.46. The van der Waals surface area contributed by atoms with E-state index in [1.807, 2.05) is 48.5 Å². The summed E-state index contributed by atoms with van der Waals surface area (Å²) in [6.45, 7) is 0.